The summed E-state index contributed by atoms with van der Waals surface area (Å²) in [6, 6.07) is 2.44. The van der Waals surface area contributed by atoms with Crippen LogP contribution < -0.4 is 10.0 Å². The normalized spacial score (nSPS) is 16.1. The number of hydrogen-bond donors (Lipinski definition) is 2. The van der Waals surface area contributed by atoms with Gasteiger partial charge in [-0.3, -0.25) is 4.68 Å². The summed E-state index contributed by atoms with van der Waals surface area (Å²) in [5.74, 6) is 0.148. The van der Waals surface area contributed by atoms with Gasteiger partial charge in [0.2, 0.25) is 10.0 Å². The predicted octanol–water partition coefficient (Wildman–Crippen LogP) is -0.366. The van der Waals surface area contributed by atoms with Gasteiger partial charge >= 0.3 is 0 Å². The lowest BCUT2D eigenvalue weighted by Gasteiger charge is -2.07. The zero-order chi connectivity index (χ0) is 13.0. The van der Waals surface area contributed by atoms with E-state index in [0.717, 1.165) is 5.69 Å². The van der Waals surface area contributed by atoms with Crippen molar-refractivity contribution in [2.75, 3.05) is 18.8 Å². The maximum atomic E-state index is 11.7. The molecule has 0 unspecified atom stereocenters. The van der Waals surface area contributed by atoms with E-state index >= 15 is 0 Å². The number of rotatable bonds is 8. The summed E-state index contributed by atoms with van der Waals surface area (Å²) in [4.78, 5) is 0. The van der Waals surface area contributed by atoms with E-state index in [9.17, 15) is 8.42 Å². The molecule has 0 amide bonds. The van der Waals surface area contributed by atoms with Crippen LogP contribution in [-0.4, -0.2) is 43.1 Å². The Labute approximate surface area is 108 Å². The van der Waals surface area contributed by atoms with E-state index < -0.39 is 10.0 Å². The molecular formula is C11H20N4O2S. The maximum Gasteiger partial charge on any atom is 0.212 e. The van der Waals surface area contributed by atoms with E-state index in [1.165, 1.54) is 12.8 Å². The molecule has 18 heavy (non-hydrogen) atoms. The van der Waals surface area contributed by atoms with Crippen molar-refractivity contribution in [1.82, 2.24) is 19.8 Å². The van der Waals surface area contributed by atoms with Gasteiger partial charge in [-0.05, 0) is 18.9 Å². The van der Waals surface area contributed by atoms with Gasteiger partial charge in [0.1, 0.15) is 0 Å². The Balaban J connectivity index is 1.66. The Kier molecular flexibility index (Phi) is 4.36. The molecule has 1 aliphatic carbocycles. The highest BCUT2D eigenvalue weighted by molar-refractivity contribution is 7.89. The van der Waals surface area contributed by atoms with Crippen LogP contribution in [-0.2, 0) is 23.5 Å². The Hall–Kier alpha value is -0.920. The quantitative estimate of drug-likeness (QED) is 0.677. The molecule has 2 N–H and O–H groups in total. The maximum absolute atomic E-state index is 11.7. The second-order valence-electron chi connectivity index (χ2n) is 4.64. The van der Waals surface area contributed by atoms with Gasteiger partial charge in [-0.15, -0.1) is 0 Å². The van der Waals surface area contributed by atoms with Crippen molar-refractivity contribution in [3.8, 4) is 0 Å². The van der Waals surface area contributed by atoms with E-state index in [4.69, 9.17) is 0 Å². The van der Waals surface area contributed by atoms with Gasteiger partial charge in [0, 0.05) is 44.5 Å². The number of nitrogens with zero attached hydrogens (tertiary/aromatic N) is 2. The first-order valence-electron chi connectivity index (χ1n) is 6.24. The van der Waals surface area contributed by atoms with Crippen molar-refractivity contribution in [2.45, 2.75) is 25.3 Å². The van der Waals surface area contributed by atoms with Crippen LogP contribution in [0.25, 0.3) is 0 Å². The first-order chi connectivity index (χ1) is 8.57. The van der Waals surface area contributed by atoms with Crippen LogP contribution in [0.1, 0.15) is 18.5 Å². The molecule has 0 saturated heterocycles. The van der Waals surface area contributed by atoms with Crippen LogP contribution >= 0.6 is 0 Å². The fraction of sp³-hybridized carbons (Fsp3) is 0.727. The molecule has 1 aliphatic rings. The van der Waals surface area contributed by atoms with Gasteiger partial charge in [0.15, 0.2) is 0 Å². The zero-order valence-electron chi connectivity index (χ0n) is 10.6. The molecule has 102 valence electrons. The molecule has 6 nitrogen and oxygen atoms in total. The lowest BCUT2D eigenvalue weighted by atomic mass is 10.3. The van der Waals surface area contributed by atoms with E-state index in [2.05, 4.69) is 15.1 Å². The second-order valence-corrected chi connectivity index (χ2v) is 6.56. The number of aromatic nitrogens is 2. The molecule has 1 aromatic rings. The number of hydrogen-bond acceptors (Lipinski definition) is 4. The molecular weight excluding hydrogens is 252 g/mol. The molecule has 0 atom stereocenters. The van der Waals surface area contributed by atoms with E-state index in [1.807, 2.05) is 13.1 Å². The van der Waals surface area contributed by atoms with Gasteiger partial charge in [-0.1, -0.05) is 0 Å². The molecule has 0 spiro atoms. The molecule has 7 heteroatoms. The Morgan fingerprint density at radius 3 is 2.83 bits per heavy atom. The van der Waals surface area contributed by atoms with Gasteiger partial charge in [0.05, 0.1) is 5.75 Å². The molecule has 0 aliphatic heterocycles. The highest BCUT2D eigenvalue weighted by atomic mass is 32.2. The molecule has 2 rings (SSSR count). The first kappa shape index (κ1) is 13.5. The minimum Gasteiger partial charge on any atom is -0.313 e. The third kappa shape index (κ3) is 4.40. The first-order valence-corrected chi connectivity index (χ1v) is 7.90. The fourth-order valence-electron chi connectivity index (χ4n) is 1.74. The lowest BCUT2D eigenvalue weighted by Crippen LogP contribution is -2.33. The number of aryl methyl sites for hydroxylation is 1. The Morgan fingerprint density at radius 2 is 2.22 bits per heavy atom. The average molecular weight is 272 g/mol. The van der Waals surface area contributed by atoms with Crippen molar-refractivity contribution in [2.24, 2.45) is 7.05 Å². The average Bonchev–Trinajstić information content (AvgIpc) is 3.03. The monoisotopic (exact) mass is 272 g/mol. The van der Waals surface area contributed by atoms with Crippen LogP contribution in [0, 0.1) is 0 Å². The van der Waals surface area contributed by atoms with Crippen LogP contribution in [0.15, 0.2) is 12.3 Å². The van der Waals surface area contributed by atoms with Crippen LogP contribution in [0.4, 0.5) is 0 Å². The molecule has 1 aromatic heterocycles. The van der Waals surface area contributed by atoms with Gasteiger partial charge in [-0.2, -0.15) is 5.10 Å². The largest absolute Gasteiger partial charge is 0.313 e. The third-order valence-corrected chi connectivity index (χ3v) is 4.39. The Bertz CT molecular complexity index is 479. The molecule has 0 radical (unpaired) electrons. The zero-order valence-corrected chi connectivity index (χ0v) is 11.4. The highest BCUT2D eigenvalue weighted by Gasteiger charge is 2.21. The van der Waals surface area contributed by atoms with Gasteiger partial charge in [0.25, 0.3) is 0 Å². The van der Waals surface area contributed by atoms with Crippen molar-refractivity contribution in [1.29, 1.82) is 0 Å². The Morgan fingerprint density at radius 1 is 1.44 bits per heavy atom. The molecule has 0 aromatic carbocycles. The standard InChI is InChI=1S/C11H20N4O2S/c1-15-11(4-6-13-15)5-7-14-18(16,17)9-8-12-10-2-3-10/h4,6,10,12,14H,2-3,5,7-9H2,1H3. The molecule has 1 saturated carbocycles. The van der Waals surface area contributed by atoms with Gasteiger partial charge < -0.3 is 5.32 Å². The lowest BCUT2D eigenvalue weighted by molar-refractivity contribution is 0.574. The predicted molar refractivity (Wildman–Crippen MR) is 69.7 cm³/mol. The van der Waals surface area contributed by atoms with E-state index in [1.54, 1.807) is 10.9 Å². The summed E-state index contributed by atoms with van der Waals surface area (Å²) in [6.45, 7) is 0.955. The summed E-state index contributed by atoms with van der Waals surface area (Å²) in [5, 5.41) is 7.23. The van der Waals surface area contributed by atoms with Crippen LogP contribution in [0.3, 0.4) is 0 Å². The van der Waals surface area contributed by atoms with E-state index in [0.29, 0.717) is 25.6 Å². The summed E-state index contributed by atoms with van der Waals surface area (Å²) in [6.07, 6.45) is 4.72. The fourth-order valence-corrected chi connectivity index (χ4v) is 2.68. The van der Waals surface area contributed by atoms with Crippen LogP contribution in [0.5, 0.6) is 0 Å². The minimum absolute atomic E-state index is 0.148. The van der Waals surface area contributed by atoms with Crippen molar-refractivity contribution in [3.05, 3.63) is 18.0 Å². The SMILES string of the molecule is Cn1nccc1CCNS(=O)(=O)CCNC1CC1. The van der Waals surface area contributed by atoms with Crippen molar-refractivity contribution in [3.63, 3.8) is 0 Å². The van der Waals surface area contributed by atoms with Crippen LogP contribution in [0.2, 0.25) is 0 Å². The summed E-state index contributed by atoms with van der Waals surface area (Å²) in [5.41, 5.74) is 1.02. The highest BCUT2D eigenvalue weighted by Crippen LogP contribution is 2.17. The van der Waals surface area contributed by atoms with E-state index in [-0.39, 0.29) is 5.75 Å². The van der Waals surface area contributed by atoms with Crippen molar-refractivity contribution >= 4 is 10.0 Å². The summed E-state index contributed by atoms with van der Waals surface area (Å²) < 4.78 is 27.7. The molecule has 1 heterocycles. The topological polar surface area (TPSA) is 76.0 Å². The summed E-state index contributed by atoms with van der Waals surface area (Å²) >= 11 is 0. The van der Waals surface area contributed by atoms with Gasteiger partial charge in [-0.25, -0.2) is 13.1 Å². The smallest absolute Gasteiger partial charge is 0.212 e. The number of sulfonamides is 1. The minimum atomic E-state index is -3.16. The summed E-state index contributed by atoms with van der Waals surface area (Å²) in [7, 11) is -1.31. The number of nitrogens with one attached hydrogen (secondary N) is 2. The van der Waals surface area contributed by atoms with Crippen molar-refractivity contribution < 1.29 is 8.42 Å². The third-order valence-electron chi connectivity index (χ3n) is 3.01. The second kappa shape index (κ2) is 5.81. The molecule has 0 bridgehead atoms. The molecule has 1 fully saturated rings.